The summed E-state index contributed by atoms with van der Waals surface area (Å²) in [6.07, 6.45) is 6.03. The molecular formula is C19H22N2O4S. The minimum Gasteiger partial charge on any atom is -0.463 e. The number of pyridine rings is 1. The first kappa shape index (κ1) is 19.7. The topological polar surface area (TPSA) is 76.6 Å². The molecule has 0 spiro atoms. The maximum Gasteiger partial charge on any atom is 0.330 e. The summed E-state index contributed by atoms with van der Waals surface area (Å²) in [6.45, 7) is 2.38. The first-order chi connectivity index (χ1) is 12.5. The smallest absolute Gasteiger partial charge is 0.330 e. The van der Waals surface area contributed by atoms with E-state index in [0.29, 0.717) is 17.9 Å². The van der Waals surface area contributed by atoms with Crippen LogP contribution in [0.3, 0.4) is 0 Å². The number of unbranched alkanes of at least 4 members (excludes halogenated alkanes) is 1. The standard InChI is InChI=1S/C19H22N2O4S/c1-3-4-15-25-19(22)13-12-16-9-5-6-10-17(16)21(2)26(23,24)18-11-7-8-14-20-18/h5-14H,3-4,15H2,1-2H3/b13-12+. The molecule has 7 heteroatoms. The second-order valence-corrected chi connectivity index (χ2v) is 7.47. The van der Waals surface area contributed by atoms with Crippen LogP contribution in [0.25, 0.3) is 6.08 Å². The summed E-state index contributed by atoms with van der Waals surface area (Å²) in [7, 11) is -2.34. The van der Waals surface area contributed by atoms with Crippen LogP contribution in [0.5, 0.6) is 0 Å². The average Bonchev–Trinajstić information content (AvgIpc) is 2.67. The summed E-state index contributed by atoms with van der Waals surface area (Å²) in [4.78, 5) is 15.7. The Hall–Kier alpha value is -2.67. The molecule has 1 heterocycles. The number of hydrogen-bond donors (Lipinski definition) is 0. The van der Waals surface area contributed by atoms with Gasteiger partial charge in [0.25, 0.3) is 10.0 Å². The number of ether oxygens (including phenoxy) is 1. The van der Waals surface area contributed by atoms with Gasteiger partial charge in [0.2, 0.25) is 0 Å². The minimum absolute atomic E-state index is 0.0414. The van der Waals surface area contributed by atoms with Crippen molar-refractivity contribution in [2.75, 3.05) is 18.0 Å². The highest BCUT2D eigenvalue weighted by atomic mass is 32.2. The molecule has 0 N–H and O–H groups in total. The molecule has 0 amide bonds. The molecule has 0 saturated carbocycles. The second-order valence-electron chi connectivity index (χ2n) is 5.55. The largest absolute Gasteiger partial charge is 0.463 e. The number of carbonyl (C=O) groups excluding carboxylic acids is 1. The van der Waals surface area contributed by atoms with Gasteiger partial charge in [0.05, 0.1) is 12.3 Å². The summed E-state index contributed by atoms with van der Waals surface area (Å²) in [5.41, 5.74) is 1.03. The summed E-state index contributed by atoms with van der Waals surface area (Å²) < 4.78 is 31.7. The molecular weight excluding hydrogens is 352 g/mol. The number of hydrogen-bond acceptors (Lipinski definition) is 5. The summed E-state index contributed by atoms with van der Waals surface area (Å²) in [5, 5.41) is -0.0414. The molecule has 0 unspecified atom stereocenters. The van der Waals surface area contributed by atoms with Gasteiger partial charge in [-0.25, -0.2) is 9.78 Å². The van der Waals surface area contributed by atoms with E-state index in [-0.39, 0.29) is 5.03 Å². The van der Waals surface area contributed by atoms with Crippen molar-refractivity contribution in [1.29, 1.82) is 0 Å². The Bertz CT molecular complexity index is 864. The van der Waals surface area contributed by atoms with Crippen LogP contribution in [-0.4, -0.2) is 33.0 Å². The van der Waals surface area contributed by atoms with E-state index in [2.05, 4.69) is 4.98 Å². The molecule has 0 aliphatic heterocycles. The van der Waals surface area contributed by atoms with E-state index in [1.807, 2.05) is 6.92 Å². The summed E-state index contributed by atoms with van der Waals surface area (Å²) in [5.74, 6) is -0.455. The van der Waals surface area contributed by atoms with Crippen LogP contribution in [0.15, 0.2) is 59.8 Å². The van der Waals surface area contributed by atoms with Gasteiger partial charge in [-0.3, -0.25) is 4.31 Å². The average molecular weight is 374 g/mol. The van der Waals surface area contributed by atoms with Crippen molar-refractivity contribution in [3.05, 3.63) is 60.3 Å². The van der Waals surface area contributed by atoms with Gasteiger partial charge >= 0.3 is 5.97 Å². The maximum atomic E-state index is 12.7. The van der Waals surface area contributed by atoms with Crippen LogP contribution in [0.1, 0.15) is 25.3 Å². The van der Waals surface area contributed by atoms with E-state index in [0.717, 1.165) is 17.1 Å². The normalized spacial score (nSPS) is 11.5. The van der Waals surface area contributed by atoms with Gasteiger partial charge in [-0.2, -0.15) is 8.42 Å². The molecule has 2 rings (SSSR count). The number of esters is 1. The monoisotopic (exact) mass is 374 g/mol. The zero-order chi connectivity index (χ0) is 19.0. The van der Waals surface area contributed by atoms with E-state index in [1.54, 1.807) is 42.5 Å². The Morgan fingerprint density at radius 3 is 2.62 bits per heavy atom. The number of para-hydroxylation sites is 1. The van der Waals surface area contributed by atoms with Gasteiger partial charge in [0.1, 0.15) is 0 Å². The minimum atomic E-state index is -3.80. The Morgan fingerprint density at radius 1 is 1.19 bits per heavy atom. The quantitative estimate of drug-likeness (QED) is 0.403. The highest BCUT2D eigenvalue weighted by Crippen LogP contribution is 2.25. The Morgan fingerprint density at radius 2 is 1.92 bits per heavy atom. The number of benzene rings is 1. The zero-order valence-corrected chi connectivity index (χ0v) is 15.6. The van der Waals surface area contributed by atoms with Crippen molar-refractivity contribution < 1.29 is 17.9 Å². The van der Waals surface area contributed by atoms with E-state index in [9.17, 15) is 13.2 Å². The van der Waals surface area contributed by atoms with Crippen molar-refractivity contribution in [3.8, 4) is 0 Å². The molecule has 0 radical (unpaired) electrons. The summed E-state index contributed by atoms with van der Waals surface area (Å²) in [6, 6.07) is 11.6. The van der Waals surface area contributed by atoms with Gasteiger partial charge in [0, 0.05) is 19.3 Å². The van der Waals surface area contributed by atoms with Crippen LogP contribution in [0, 0.1) is 0 Å². The number of sulfonamides is 1. The molecule has 0 bridgehead atoms. The molecule has 26 heavy (non-hydrogen) atoms. The maximum absolute atomic E-state index is 12.7. The lowest BCUT2D eigenvalue weighted by molar-refractivity contribution is -0.137. The third kappa shape index (κ3) is 4.92. The first-order valence-electron chi connectivity index (χ1n) is 8.30. The number of rotatable bonds is 8. The fourth-order valence-electron chi connectivity index (χ4n) is 2.21. The molecule has 0 aliphatic rings. The molecule has 0 fully saturated rings. The van der Waals surface area contributed by atoms with Gasteiger partial charge in [-0.15, -0.1) is 0 Å². The fourth-order valence-corrected chi connectivity index (χ4v) is 3.36. The van der Waals surface area contributed by atoms with Crippen LogP contribution in [-0.2, 0) is 19.6 Å². The number of nitrogens with zero attached hydrogens (tertiary/aromatic N) is 2. The lowest BCUT2D eigenvalue weighted by Crippen LogP contribution is -2.27. The molecule has 0 saturated heterocycles. The molecule has 1 aromatic carbocycles. The lowest BCUT2D eigenvalue weighted by Gasteiger charge is -2.20. The third-order valence-electron chi connectivity index (χ3n) is 3.68. The third-order valence-corrected chi connectivity index (χ3v) is 5.37. The van der Waals surface area contributed by atoms with Gasteiger partial charge in [-0.05, 0) is 36.3 Å². The van der Waals surface area contributed by atoms with Crippen molar-refractivity contribution in [1.82, 2.24) is 4.98 Å². The Kier molecular flexibility index (Phi) is 6.91. The van der Waals surface area contributed by atoms with E-state index >= 15 is 0 Å². The molecule has 2 aromatic rings. The molecule has 6 nitrogen and oxygen atoms in total. The van der Waals surface area contributed by atoms with Gasteiger partial charge < -0.3 is 4.74 Å². The number of aromatic nitrogens is 1. The number of carbonyl (C=O) groups is 1. The highest BCUT2D eigenvalue weighted by Gasteiger charge is 2.23. The number of anilines is 1. The predicted molar refractivity (Wildman–Crippen MR) is 101 cm³/mol. The van der Waals surface area contributed by atoms with Crippen molar-refractivity contribution >= 4 is 27.8 Å². The van der Waals surface area contributed by atoms with Crippen LogP contribution in [0.2, 0.25) is 0 Å². The van der Waals surface area contributed by atoms with Crippen molar-refractivity contribution in [2.45, 2.75) is 24.8 Å². The predicted octanol–water partition coefficient (Wildman–Crippen LogP) is 3.26. The van der Waals surface area contributed by atoms with E-state index in [1.165, 1.54) is 25.4 Å². The van der Waals surface area contributed by atoms with Crippen LogP contribution >= 0.6 is 0 Å². The molecule has 1 aromatic heterocycles. The first-order valence-corrected chi connectivity index (χ1v) is 9.74. The van der Waals surface area contributed by atoms with Gasteiger partial charge in [0.15, 0.2) is 5.03 Å². The SMILES string of the molecule is CCCCOC(=O)/C=C/c1ccccc1N(C)S(=O)(=O)c1ccccn1. The van der Waals surface area contributed by atoms with Gasteiger partial charge in [-0.1, -0.05) is 37.6 Å². The Balaban J connectivity index is 2.24. The van der Waals surface area contributed by atoms with E-state index < -0.39 is 16.0 Å². The highest BCUT2D eigenvalue weighted by molar-refractivity contribution is 7.92. The Labute approximate surface area is 154 Å². The molecule has 138 valence electrons. The second kappa shape index (κ2) is 9.15. The lowest BCUT2D eigenvalue weighted by atomic mass is 10.1. The molecule has 0 atom stereocenters. The van der Waals surface area contributed by atoms with Crippen LogP contribution in [0.4, 0.5) is 5.69 Å². The summed E-state index contributed by atoms with van der Waals surface area (Å²) >= 11 is 0. The van der Waals surface area contributed by atoms with Crippen LogP contribution < -0.4 is 4.31 Å². The van der Waals surface area contributed by atoms with Crippen molar-refractivity contribution in [2.24, 2.45) is 0 Å². The van der Waals surface area contributed by atoms with E-state index in [4.69, 9.17) is 4.74 Å². The zero-order valence-electron chi connectivity index (χ0n) is 14.8. The molecule has 0 aliphatic carbocycles. The fraction of sp³-hybridized carbons (Fsp3) is 0.263. The van der Waals surface area contributed by atoms with Crippen molar-refractivity contribution in [3.63, 3.8) is 0 Å².